The Balaban J connectivity index is 2.08. The van der Waals surface area contributed by atoms with Crippen molar-refractivity contribution in [2.24, 2.45) is 5.92 Å². The molecule has 2 heterocycles. The molecule has 0 spiro atoms. The molecule has 2 aromatic heterocycles. The number of rotatable bonds is 5. The Morgan fingerprint density at radius 3 is 2.50 bits per heavy atom. The van der Waals surface area contributed by atoms with Crippen molar-refractivity contribution in [3.8, 4) is 5.88 Å². The average Bonchev–Trinajstić information content (AvgIpc) is 2.80. The van der Waals surface area contributed by atoms with Crippen LogP contribution in [0.4, 0.5) is 0 Å². The van der Waals surface area contributed by atoms with E-state index in [0.717, 1.165) is 17.1 Å². The Morgan fingerprint density at radius 2 is 1.83 bits per heavy atom. The minimum Gasteiger partial charge on any atom is -0.476 e. The smallest absolute Gasteiger partial charge is 0.238 e. The molecule has 0 radical (unpaired) electrons. The number of nitrogens with zero attached hydrogens (tertiary/aromatic N) is 2. The van der Waals surface area contributed by atoms with Gasteiger partial charge in [-0.25, -0.2) is 4.98 Å². The van der Waals surface area contributed by atoms with Gasteiger partial charge in [-0.2, -0.15) is 0 Å². The highest BCUT2D eigenvalue weighted by molar-refractivity contribution is 6.30. The Kier molecular flexibility index (Phi) is 4.81. The first-order chi connectivity index (χ1) is 11.5. The van der Waals surface area contributed by atoms with Gasteiger partial charge in [-0.15, -0.1) is 0 Å². The molecule has 0 fully saturated rings. The quantitative estimate of drug-likeness (QED) is 0.621. The lowest BCUT2D eigenvalue weighted by molar-refractivity contribution is 0.263. The third kappa shape index (κ3) is 3.27. The van der Waals surface area contributed by atoms with E-state index in [1.807, 2.05) is 18.3 Å². The summed E-state index contributed by atoms with van der Waals surface area (Å²) >= 11 is 6.00. The Morgan fingerprint density at radius 1 is 1.12 bits per heavy atom. The fourth-order valence-electron chi connectivity index (χ4n) is 2.88. The lowest BCUT2D eigenvalue weighted by Crippen LogP contribution is -2.08. The molecule has 0 aliphatic heterocycles. The van der Waals surface area contributed by atoms with Gasteiger partial charge in [0.2, 0.25) is 5.88 Å². The van der Waals surface area contributed by atoms with Crippen LogP contribution in [0, 0.1) is 19.8 Å². The summed E-state index contributed by atoms with van der Waals surface area (Å²) in [6.45, 7) is 10.0. The number of ether oxygens (including phenoxy) is 1. The summed E-state index contributed by atoms with van der Waals surface area (Å²) in [4.78, 5) is 4.49. The Hall–Kier alpha value is -2.00. The molecule has 0 saturated heterocycles. The van der Waals surface area contributed by atoms with Crippen molar-refractivity contribution in [1.82, 2.24) is 9.55 Å². The van der Waals surface area contributed by atoms with Gasteiger partial charge < -0.3 is 9.30 Å². The molecule has 0 saturated carbocycles. The fourth-order valence-corrected chi connectivity index (χ4v) is 3.01. The second kappa shape index (κ2) is 6.86. The molecule has 126 valence electrons. The van der Waals surface area contributed by atoms with Crippen LogP contribution in [-0.4, -0.2) is 16.2 Å². The first-order valence-electron chi connectivity index (χ1n) is 8.29. The van der Waals surface area contributed by atoms with E-state index in [1.165, 1.54) is 22.2 Å². The zero-order valence-electron chi connectivity index (χ0n) is 14.6. The van der Waals surface area contributed by atoms with E-state index in [1.54, 1.807) is 0 Å². The van der Waals surface area contributed by atoms with E-state index < -0.39 is 0 Å². The van der Waals surface area contributed by atoms with Gasteiger partial charge in [0.25, 0.3) is 0 Å². The number of pyridine rings is 1. The highest BCUT2D eigenvalue weighted by Crippen LogP contribution is 2.31. The zero-order valence-corrected chi connectivity index (χ0v) is 15.4. The van der Waals surface area contributed by atoms with Gasteiger partial charge in [-0.1, -0.05) is 37.6 Å². The number of halogens is 1. The summed E-state index contributed by atoms with van der Waals surface area (Å²) < 4.78 is 8.28. The number of aromatic nitrogens is 2. The van der Waals surface area contributed by atoms with E-state index >= 15 is 0 Å². The minimum atomic E-state index is 0.462. The maximum absolute atomic E-state index is 6.00. The van der Waals surface area contributed by atoms with Crippen molar-refractivity contribution >= 4 is 22.5 Å². The number of hydrogen-bond donors (Lipinski definition) is 0. The standard InChI is InChI=1S/C20H23ClN2O/c1-13(2)12-24-20-19-18(9-10-22-20)14(3)15(4)23(19)11-16-5-7-17(21)8-6-16/h5-10,13H,11-12H2,1-4H3. The van der Waals surface area contributed by atoms with E-state index in [-0.39, 0.29) is 0 Å². The molecule has 3 aromatic rings. The molecule has 24 heavy (non-hydrogen) atoms. The normalized spacial score (nSPS) is 11.4. The van der Waals surface area contributed by atoms with Gasteiger partial charge in [0, 0.05) is 28.8 Å². The van der Waals surface area contributed by atoms with Gasteiger partial charge in [0.1, 0.15) is 5.52 Å². The van der Waals surface area contributed by atoms with Gasteiger partial charge in [0.05, 0.1) is 6.61 Å². The summed E-state index contributed by atoms with van der Waals surface area (Å²) in [5.74, 6) is 1.18. The number of hydrogen-bond acceptors (Lipinski definition) is 2. The predicted octanol–water partition coefficient (Wildman–Crippen LogP) is 5.39. The Labute approximate surface area is 148 Å². The topological polar surface area (TPSA) is 27.1 Å². The largest absolute Gasteiger partial charge is 0.476 e. The van der Waals surface area contributed by atoms with Crippen LogP contribution < -0.4 is 4.74 Å². The van der Waals surface area contributed by atoms with Gasteiger partial charge in [0.15, 0.2) is 0 Å². The van der Waals surface area contributed by atoms with Crippen molar-refractivity contribution < 1.29 is 4.74 Å². The molecular formula is C20H23ClN2O. The van der Waals surface area contributed by atoms with Crippen LogP contribution in [0.5, 0.6) is 5.88 Å². The number of fused-ring (bicyclic) bond motifs is 1. The second-order valence-corrected chi connectivity index (χ2v) is 7.08. The lowest BCUT2D eigenvalue weighted by Gasteiger charge is -2.13. The molecular weight excluding hydrogens is 320 g/mol. The maximum atomic E-state index is 6.00. The highest BCUT2D eigenvalue weighted by atomic mass is 35.5. The van der Waals surface area contributed by atoms with Crippen molar-refractivity contribution in [3.05, 3.63) is 58.4 Å². The van der Waals surface area contributed by atoms with Crippen LogP contribution >= 0.6 is 11.6 Å². The van der Waals surface area contributed by atoms with Gasteiger partial charge >= 0.3 is 0 Å². The summed E-state index contributed by atoms with van der Waals surface area (Å²) in [6.07, 6.45) is 1.83. The van der Waals surface area contributed by atoms with E-state index in [4.69, 9.17) is 16.3 Å². The highest BCUT2D eigenvalue weighted by Gasteiger charge is 2.16. The molecule has 0 bridgehead atoms. The lowest BCUT2D eigenvalue weighted by atomic mass is 10.2. The minimum absolute atomic E-state index is 0.462. The van der Waals surface area contributed by atoms with Crippen molar-refractivity contribution in [2.75, 3.05) is 6.61 Å². The molecule has 3 rings (SSSR count). The monoisotopic (exact) mass is 342 g/mol. The average molecular weight is 343 g/mol. The first kappa shape index (κ1) is 16.8. The van der Waals surface area contributed by atoms with Crippen molar-refractivity contribution in [3.63, 3.8) is 0 Å². The van der Waals surface area contributed by atoms with Crippen LogP contribution in [0.2, 0.25) is 5.02 Å². The molecule has 0 atom stereocenters. The van der Waals surface area contributed by atoms with E-state index in [2.05, 4.69) is 55.4 Å². The van der Waals surface area contributed by atoms with Crippen LogP contribution in [0.25, 0.3) is 10.9 Å². The molecule has 0 unspecified atom stereocenters. The number of aryl methyl sites for hydroxylation is 1. The van der Waals surface area contributed by atoms with Crippen LogP contribution in [0.15, 0.2) is 36.5 Å². The summed E-state index contributed by atoms with van der Waals surface area (Å²) in [7, 11) is 0. The van der Waals surface area contributed by atoms with E-state index in [0.29, 0.717) is 18.4 Å². The number of benzene rings is 1. The third-order valence-electron chi connectivity index (χ3n) is 4.32. The van der Waals surface area contributed by atoms with Crippen molar-refractivity contribution in [1.29, 1.82) is 0 Å². The summed E-state index contributed by atoms with van der Waals surface area (Å²) in [5, 5.41) is 1.96. The fraction of sp³-hybridized carbons (Fsp3) is 0.350. The van der Waals surface area contributed by atoms with Crippen molar-refractivity contribution in [2.45, 2.75) is 34.2 Å². The molecule has 0 aliphatic rings. The maximum Gasteiger partial charge on any atom is 0.238 e. The molecule has 0 N–H and O–H groups in total. The van der Waals surface area contributed by atoms with Crippen LogP contribution in [0.3, 0.4) is 0 Å². The SMILES string of the molecule is Cc1c(C)n(Cc2ccc(Cl)cc2)c2c(OCC(C)C)nccc12. The molecule has 0 aliphatic carbocycles. The summed E-state index contributed by atoms with van der Waals surface area (Å²) in [6, 6.07) is 10.1. The second-order valence-electron chi connectivity index (χ2n) is 6.64. The molecule has 0 amide bonds. The molecule has 3 nitrogen and oxygen atoms in total. The Bertz CT molecular complexity index is 850. The zero-order chi connectivity index (χ0) is 17.3. The van der Waals surface area contributed by atoms with Gasteiger partial charge in [-0.3, -0.25) is 0 Å². The molecule has 1 aromatic carbocycles. The predicted molar refractivity (Wildman–Crippen MR) is 100 cm³/mol. The first-order valence-corrected chi connectivity index (χ1v) is 8.66. The van der Waals surface area contributed by atoms with Gasteiger partial charge in [-0.05, 0) is 49.1 Å². The van der Waals surface area contributed by atoms with Crippen LogP contribution in [-0.2, 0) is 6.54 Å². The molecule has 4 heteroatoms. The van der Waals surface area contributed by atoms with Crippen LogP contribution in [0.1, 0.15) is 30.7 Å². The summed E-state index contributed by atoms with van der Waals surface area (Å²) in [5.41, 5.74) is 4.79. The third-order valence-corrected chi connectivity index (χ3v) is 4.57. The van der Waals surface area contributed by atoms with E-state index in [9.17, 15) is 0 Å².